The van der Waals surface area contributed by atoms with Gasteiger partial charge in [0.1, 0.15) is 5.75 Å². The molecule has 0 radical (unpaired) electrons. The molecule has 0 spiro atoms. The molecule has 1 aromatic heterocycles. The zero-order valence-electron chi connectivity index (χ0n) is 26.4. The minimum atomic E-state index is -4.15. The van der Waals surface area contributed by atoms with Crippen LogP contribution in [0.15, 0.2) is 108 Å². The fourth-order valence-corrected chi connectivity index (χ4v) is 5.62. The van der Waals surface area contributed by atoms with Crippen LogP contribution in [0.5, 0.6) is 5.75 Å². The number of aromatic nitrogens is 1. The monoisotopic (exact) mass is 638 g/mol. The molecular formula is C37H38N2O6S. The molecule has 0 aliphatic rings. The number of hydrogen-bond acceptors (Lipinski definition) is 6. The lowest BCUT2D eigenvalue weighted by Crippen LogP contribution is -2.28. The minimum Gasteiger partial charge on any atom is -0.497 e. The first-order valence-corrected chi connectivity index (χ1v) is 16.6. The summed E-state index contributed by atoms with van der Waals surface area (Å²) in [6.45, 7) is 6.38. The van der Waals surface area contributed by atoms with E-state index in [1.807, 2.05) is 54.6 Å². The van der Waals surface area contributed by atoms with Crippen LogP contribution in [-0.2, 0) is 22.0 Å². The van der Waals surface area contributed by atoms with Crippen molar-refractivity contribution in [3.63, 3.8) is 0 Å². The first kappa shape index (κ1) is 32.7. The van der Waals surface area contributed by atoms with E-state index in [4.69, 9.17) is 13.8 Å². The number of ether oxygens (including phenoxy) is 1. The van der Waals surface area contributed by atoms with Crippen LogP contribution in [0.3, 0.4) is 0 Å². The average molecular weight is 639 g/mol. The smallest absolute Gasteiger partial charge is 0.266 e. The number of nitrogens with one attached hydrogen (secondary N) is 1. The highest BCUT2D eigenvalue weighted by Crippen LogP contribution is 2.34. The van der Waals surface area contributed by atoms with Crippen molar-refractivity contribution in [1.29, 1.82) is 0 Å². The van der Waals surface area contributed by atoms with Gasteiger partial charge in [0.05, 0.1) is 18.6 Å². The molecule has 1 unspecified atom stereocenters. The van der Waals surface area contributed by atoms with Crippen LogP contribution in [0, 0.1) is 0 Å². The van der Waals surface area contributed by atoms with Crippen LogP contribution in [0.1, 0.15) is 59.4 Å². The summed E-state index contributed by atoms with van der Waals surface area (Å²) in [6.07, 6.45) is 0.609. The molecule has 4 aromatic carbocycles. The van der Waals surface area contributed by atoms with Crippen molar-refractivity contribution in [3.05, 3.63) is 131 Å². The highest BCUT2D eigenvalue weighted by Gasteiger charge is 2.22. The van der Waals surface area contributed by atoms with Crippen LogP contribution in [-0.4, -0.2) is 43.4 Å². The van der Waals surface area contributed by atoms with Crippen LogP contribution < -0.4 is 10.1 Å². The largest absolute Gasteiger partial charge is 0.497 e. The molecule has 8 nitrogen and oxygen atoms in total. The topological polar surface area (TPSA) is 119 Å². The summed E-state index contributed by atoms with van der Waals surface area (Å²) in [4.78, 5) is 12.5. The number of hydrogen-bond donors (Lipinski definition) is 2. The van der Waals surface area contributed by atoms with Gasteiger partial charge in [0.15, 0.2) is 5.76 Å². The third-order valence-corrected chi connectivity index (χ3v) is 8.66. The standard InChI is InChI=1S/C37H38N2O6S/c1-37(2,3)31-16-12-27(13-17-31)33(22-25-8-10-28(11-9-25)36(40)38-20-21-46(41,42)43)34-24-35(45-39-34)30-7-5-6-29(23-30)26-14-18-32(44-4)19-15-26/h5-19,23-24,33H,20-22H2,1-4H3,(H,38,40)(H,41,42,43). The van der Waals surface area contributed by atoms with Gasteiger partial charge in [0.25, 0.3) is 16.0 Å². The van der Waals surface area contributed by atoms with Crippen molar-refractivity contribution < 1.29 is 27.0 Å². The maximum Gasteiger partial charge on any atom is 0.266 e. The van der Waals surface area contributed by atoms with E-state index >= 15 is 0 Å². The van der Waals surface area contributed by atoms with Crippen molar-refractivity contribution in [2.75, 3.05) is 19.4 Å². The lowest BCUT2D eigenvalue weighted by Gasteiger charge is -2.21. The van der Waals surface area contributed by atoms with E-state index in [9.17, 15) is 13.2 Å². The number of rotatable bonds is 11. The SMILES string of the molecule is COc1ccc(-c2cccc(-c3cc(C(Cc4ccc(C(=O)NCCS(=O)(=O)O)cc4)c4ccc(C(C)(C)C)cc4)no3)c2)cc1. The molecule has 0 aliphatic carbocycles. The van der Waals surface area contributed by atoms with Gasteiger partial charge in [-0.1, -0.05) is 92.7 Å². The van der Waals surface area contributed by atoms with Gasteiger partial charge in [0.2, 0.25) is 0 Å². The van der Waals surface area contributed by atoms with E-state index in [0.717, 1.165) is 39.3 Å². The second kappa shape index (κ2) is 13.7. The van der Waals surface area contributed by atoms with E-state index in [0.29, 0.717) is 17.7 Å². The molecule has 238 valence electrons. The molecule has 1 amide bonds. The minimum absolute atomic E-state index is 0.0156. The van der Waals surface area contributed by atoms with Gasteiger partial charge in [-0.25, -0.2) is 0 Å². The molecule has 46 heavy (non-hydrogen) atoms. The Balaban J connectivity index is 1.41. The highest BCUT2D eigenvalue weighted by molar-refractivity contribution is 7.85. The van der Waals surface area contributed by atoms with Crippen molar-refractivity contribution in [3.8, 4) is 28.2 Å². The van der Waals surface area contributed by atoms with Crippen molar-refractivity contribution in [2.24, 2.45) is 0 Å². The van der Waals surface area contributed by atoms with Gasteiger partial charge in [0, 0.05) is 29.7 Å². The third-order valence-electron chi connectivity index (χ3n) is 7.94. The molecule has 0 aliphatic heterocycles. The van der Waals surface area contributed by atoms with Gasteiger partial charge < -0.3 is 14.6 Å². The normalized spacial score (nSPS) is 12.5. The maximum absolute atomic E-state index is 12.5. The quantitative estimate of drug-likeness (QED) is 0.146. The van der Waals surface area contributed by atoms with E-state index in [-0.39, 0.29) is 17.9 Å². The molecule has 0 saturated carbocycles. The van der Waals surface area contributed by atoms with Crippen LogP contribution in [0.25, 0.3) is 22.5 Å². The Morgan fingerprint density at radius 1 is 0.891 bits per heavy atom. The second-order valence-electron chi connectivity index (χ2n) is 12.3. The molecule has 0 saturated heterocycles. The van der Waals surface area contributed by atoms with Gasteiger partial charge in [-0.3, -0.25) is 9.35 Å². The Hall–Kier alpha value is -4.73. The molecular weight excluding hydrogens is 600 g/mol. The molecule has 5 rings (SSSR count). The zero-order valence-corrected chi connectivity index (χ0v) is 27.2. The molecule has 0 fully saturated rings. The Morgan fingerprint density at radius 2 is 1.57 bits per heavy atom. The fraction of sp³-hybridized carbons (Fsp3) is 0.243. The average Bonchev–Trinajstić information content (AvgIpc) is 3.53. The van der Waals surface area contributed by atoms with Gasteiger partial charge >= 0.3 is 0 Å². The van der Waals surface area contributed by atoms with Crippen molar-refractivity contribution in [1.82, 2.24) is 10.5 Å². The summed E-state index contributed by atoms with van der Waals surface area (Å²) < 4.78 is 42.1. The van der Waals surface area contributed by atoms with E-state index in [1.54, 1.807) is 19.2 Å². The third kappa shape index (κ3) is 8.29. The Labute approximate surface area is 270 Å². The number of amides is 1. The van der Waals surface area contributed by atoms with Crippen LogP contribution in [0.2, 0.25) is 0 Å². The Kier molecular flexibility index (Phi) is 9.74. The van der Waals surface area contributed by atoms with Gasteiger partial charge in [-0.05, 0) is 70.0 Å². The molecule has 2 N–H and O–H groups in total. The summed E-state index contributed by atoms with van der Waals surface area (Å²) >= 11 is 0. The first-order chi connectivity index (χ1) is 21.9. The molecule has 0 bridgehead atoms. The Bertz CT molecular complexity index is 1890. The molecule has 5 aromatic rings. The highest BCUT2D eigenvalue weighted by atomic mass is 32.2. The maximum atomic E-state index is 12.5. The Morgan fingerprint density at radius 3 is 2.20 bits per heavy atom. The number of carbonyl (C=O) groups excluding carboxylic acids is 1. The lowest BCUT2D eigenvalue weighted by molar-refractivity contribution is 0.0956. The van der Waals surface area contributed by atoms with Crippen molar-refractivity contribution >= 4 is 16.0 Å². The summed E-state index contributed by atoms with van der Waals surface area (Å²) in [5, 5.41) is 7.05. The number of benzene rings is 4. The lowest BCUT2D eigenvalue weighted by atomic mass is 9.83. The van der Waals surface area contributed by atoms with Gasteiger partial charge in [-0.15, -0.1) is 0 Å². The zero-order chi connectivity index (χ0) is 32.9. The first-order valence-electron chi connectivity index (χ1n) is 15.0. The van der Waals surface area contributed by atoms with Crippen molar-refractivity contribution in [2.45, 2.75) is 38.5 Å². The summed E-state index contributed by atoms with van der Waals surface area (Å²) in [5.74, 6) is 0.389. The number of nitrogens with zero attached hydrogens (tertiary/aromatic N) is 1. The summed E-state index contributed by atoms with van der Waals surface area (Å²) in [7, 11) is -2.50. The molecule has 9 heteroatoms. The van der Waals surface area contributed by atoms with Gasteiger partial charge in [-0.2, -0.15) is 8.42 Å². The predicted octanol–water partition coefficient (Wildman–Crippen LogP) is 7.31. The second-order valence-corrected chi connectivity index (χ2v) is 13.9. The summed E-state index contributed by atoms with van der Waals surface area (Å²) in [6, 6.07) is 33.8. The molecule has 1 heterocycles. The van der Waals surface area contributed by atoms with E-state index < -0.39 is 21.8 Å². The fourth-order valence-electron chi connectivity index (χ4n) is 5.26. The van der Waals surface area contributed by atoms with Crippen LogP contribution in [0.4, 0.5) is 0 Å². The van der Waals surface area contributed by atoms with E-state index in [1.165, 1.54) is 5.56 Å². The number of methoxy groups -OCH3 is 1. The van der Waals surface area contributed by atoms with Crippen LogP contribution >= 0.6 is 0 Å². The summed E-state index contributed by atoms with van der Waals surface area (Å²) in [5.41, 5.74) is 7.54. The predicted molar refractivity (Wildman–Crippen MR) is 180 cm³/mol. The molecule has 1 atom stereocenters. The van der Waals surface area contributed by atoms with E-state index in [2.05, 4.69) is 67.6 Å². The number of carbonyl (C=O) groups is 1.